The van der Waals surface area contributed by atoms with E-state index in [1.54, 1.807) is 0 Å². The van der Waals surface area contributed by atoms with E-state index in [4.69, 9.17) is 4.98 Å². The van der Waals surface area contributed by atoms with Crippen LogP contribution in [0.4, 0.5) is 11.5 Å². The highest BCUT2D eigenvalue weighted by molar-refractivity contribution is 5.88. The first-order valence-corrected chi connectivity index (χ1v) is 10.4. The predicted octanol–water partition coefficient (Wildman–Crippen LogP) is 5.70. The molecule has 4 aromatic rings. The van der Waals surface area contributed by atoms with Crippen molar-refractivity contribution in [1.82, 2.24) is 9.38 Å². The van der Waals surface area contributed by atoms with E-state index in [1.165, 1.54) is 29.7 Å². The molecule has 0 saturated heterocycles. The molecule has 0 fully saturated rings. The van der Waals surface area contributed by atoms with Crippen LogP contribution in [0.1, 0.15) is 42.0 Å². The molecule has 29 heavy (non-hydrogen) atoms. The maximum absolute atomic E-state index is 9.84. The molecule has 144 valence electrons. The van der Waals surface area contributed by atoms with Gasteiger partial charge in [-0.1, -0.05) is 37.6 Å². The van der Waals surface area contributed by atoms with Gasteiger partial charge in [0.1, 0.15) is 11.9 Å². The molecule has 0 bridgehead atoms. The Labute approximate surface area is 171 Å². The largest absolute Gasteiger partial charge is 0.327 e. The highest BCUT2D eigenvalue weighted by Gasteiger charge is 2.29. The summed E-state index contributed by atoms with van der Waals surface area (Å²) >= 11 is 0. The van der Waals surface area contributed by atoms with Gasteiger partial charge in [0.05, 0.1) is 16.6 Å². The molecule has 3 heterocycles. The van der Waals surface area contributed by atoms with Gasteiger partial charge in [0.2, 0.25) is 0 Å². The van der Waals surface area contributed by atoms with E-state index in [0.29, 0.717) is 5.56 Å². The minimum Gasteiger partial charge on any atom is -0.327 e. The van der Waals surface area contributed by atoms with Crippen molar-refractivity contribution in [3.05, 3.63) is 70.8 Å². The van der Waals surface area contributed by atoms with Crippen molar-refractivity contribution in [2.24, 2.45) is 0 Å². The molecule has 4 nitrogen and oxygen atoms in total. The lowest BCUT2D eigenvalue weighted by atomic mass is 10.0. The topological polar surface area (TPSA) is 44.3 Å². The number of rotatable bonds is 4. The van der Waals surface area contributed by atoms with Gasteiger partial charge in [-0.25, -0.2) is 4.98 Å². The predicted molar refractivity (Wildman–Crippen MR) is 118 cm³/mol. The van der Waals surface area contributed by atoms with Crippen molar-refractivity contribution in [3.63, 3.8) is 0 Å². The maximum atomic E-state index is 9.84. The number of aromatic nitrogens is 2. The summed E-state index contributed by atoms with van der Waals surface area (Å²) in [6.07, 6.45) is 4.52. The van der Waals surface area contributed by atoms with Gasteiger partial charge in [-0.05, 0) is 67.1 Å². The van der Waals surface area contributed by atoms with Gasteiger partial charge in [0.25, 0.3) is 0 Å². The van der Waals surface area contributed by atoms with E-state index >= 15 is 0 Å². The average Bonchev–Trinajstić information content (AvgIpc) is 3.35. The number of fused-ring (bicyclic) bond motifs is 5. The van der Waals surface area contributed by atoms with E-state index < -0.39 is 0 Å². The molecule has 0 atom stereocenters. The number of benzene rings is 2. The molecule has 2 aromatic carbocycles. The number of nitrogens with zero attached hydrogens (tertiary/aromatic N) is 4. The van der Waals surface area contributed by atoms with Crippen LogP contribution >= 0.6 is 0 Å². The standard InChI is InChI=1S/C25H24N4/c1-3-4-7-18-10-12-19(13-11-18)28-15-14-20-17(2)21(16-26)24-27-22-8-5-6-9-23(22)29(24)25(20)28/h5-6,8-13H,3-4,7,14-15H2,1-2H3. The zero-order valence-electron chi connectivity index (χ0n) is 16.9. The van der Waals surface area contributed by atoms with Crippen molar-refractivity contribution in [3.8, 4) is 6.07 Å². The van der Waals surface area contributed by atoms with Crippen molar-refractivity contribution in [2.45, 2.75) is 39.5 Å². The van der Waals surface area contributed by atoms with Crippen LogP contribution in [0.2, 0.25) is 0 Å². The third kappa shape index (κ3) is 2.69. The number of hydrogen-bond acceptors (Lipinski definition) is 3. The maximum Gasteiger partial charge on any atom is 0.157 e. The highest BCUT2D eigenvalue weighted by atomic mass is 15.3. The molecule has 5 rings (SSSR count). The number of hydrogen-bond donors (Lipinski definition) is 0. The Hall–Kier alpha value is -3.32. The molecule has 0 amide bonds. The van der Waals surface area contributed by atoms with E-state index in [2.05, 4.69) is 59.5 Å². The van der Waals surface area contributed by atoms with Crippen LogP contribution in [0, 0.1) is 18.3 Å². The van der Waals surface area contributed by atoms with Crippen molar-refractivity contribution in [2.75, 3.05) is 11.4 Å². The van der Waals surface area contributed by atoms with Crippen LogP contribution in [0.15, 0.2) is 48.5 Å². The summed E-state index contributed by atoms with van der Waals surface area (Å²) < 4.78 is 2.19. The summed E-state index contributed by atoms with van der Waals surface area (Å²) in [5.74, 6) is 1.16. The van der Waals surface area contributed by atoms with Crippen LogP contribution in [0.25, 0.3) is 16.7 Å². The number of anilines is 2. The second-order valence-corrected chi connectivity index (χ2v) is 7.85. The van der Waals surface area contributed by atoms with Crippen LogP contribution < -0.4 is 4.90 Å². The number of unbranched alkanes of at least 4 members (excludes halogenated alkanes) is 1. The monoisotopic (exact) mass is 380 g/mol. The Bertz CT molecular complexity index is 1260. The molecule has 1 aliphatic rings. The molecule has 0 N–H and O–H groups in total. The van der Waals surface area contributed by atoms with Gasteiger partial charge in [-0.2, -0.15) is 5.26 Å². The van der Waals surface area contributed by atoms with Crippen molar-refractivity contribution >= 4 is 28.2 Å². The van der Waals surface area contributed by atoms with Gasteiger partial charge >= 0.3 is 0 Å². The molecule has 0 unspecified atom stereocenters. The lowest BCUT2D eigenvalue weighted by Crippen LogP contribution is -2.16. The van der Waals surface area contributed by atoms with Crippen LogP contribution in [-0.4, -0.2) is 15.9 Å². The summed E-state index contributed by atoms with van der Waals surface area (Å²) in [5.41, 5.74) is 8.35. The Morgan fingerprint density at radius 1 is 1.10 bits per heavy atom. The number of imidazole rings is 1. The lowest BCUT2D eigenvalue weighted by molar-refractivity contribution is 0.795. The number of pyridine rings is 1. The van der Waals surface area contributed by atoms with Crippen molar-refractivity contribution < 1.29 is 0 Å². The Balaban J connectivity index is 1.72. The van der Waals surface area contributed by atoms with Gasteiger partial charge in [-0.15, -0.1) is 0 Å². The molecule has 2 aromatic heterocycles. The first-order chi connectivity index (χ1) is 14.2. The Morgan fingerprint density at radius 2 is 1.90 bits per heavy atom. The summed E-state index contributed by atoms with van der Waals surface area (Å²) in [4.78, 5) is 7.20. The van der Waals surface area contributed by atoms with Crippen molar-refractivity contribution in [1.29, 1.82) is 5.26 Å². The van der Waals surface area contributed by atoms with Crippen LogP contribution in [0.5, 0.6) is 0 Å². The SMILES string of the molecule is CCCCc1ccc(N2CCc3c(C)c(C#N)c4nc5ccccc5n4c32)cc1. The second kappa shape index (κ2) is 6.93. The summed E-state index contributed by atoms with van der Waals surface area (Å²) in [5, 5.41) is 9.84. The number of nitriles is 1. The minimum absolute atomic E-state index is 0.691. The molecule has 1 aliphatic heterocycles. The Kier molecular flexibility index (Phi) is 4.24. The molecular formula is C25H24N4. The fraction of sp³-hybridized carbons (Fsp3) is 0.280. The quantitative estimate of drug-likeness (QED) is 0.456. The molecule has 0 saturated carbocycles. The normalized spacial score (nSPS) is 13.2. The molecular weight excluding hydrogens is 356 g/mol. The van der Waals surface area contributed by atoms with Gasteiger partial charge in [0.15, 0.2) is 5.65 Å². The molecule has 0 spiro atoms. The third-order valence-electron chi connectivity index (χ3n) is 6.11. The lowest BCUT2D eigenvalue weighted by Gasteiger charge is -2.22. The van der Waals surface area contributed by atoms with Gasteiger partial charge < -0.3 is 4.90 Å². The fourth-order valence-corrected chi connectivity index (χ4v) is 4.55. The Morgan fingerprint density at radius 3 is 2.66 bits per heavy atom. The van der Waals surface area contributed by atoms with E-state index in [1.807, 2.05) is 18.2 Å². The third-order valence-corrected chi connectivity index (χ3v) is 6.11. The van der Waals surface area contributed by atoms with Gasteiger partial charge in [0, 0.05) is 12.2 Å². The number of aryl methyl sites for hydroxylation is 1. The average molecular weight is 380 g/mol. The zero-order valence-corrected chi connectivity index (χ0v) is 16.9. The first kappa shape index (κ1) is 17.8. The zero-order chi connectivity index (χ0) is 20.0. The van der Waals surface area contributed by atoms with Crippen LogP contribution in [0.3, 0.4) is 0 Å². The smallest absolute Gasteiger partial charge is 0.157 e. The fourth-order valence-electron chi connectivity index (χ4n) is 4.55. The van der Waals surface area contributed by atoms with Crippen LogP contribution in [-0.2, 0) is 12.8 Å². The van der Waals surface area contributed by atoms with Gasteiger partial charge in [-0.3, -0.25) is 4.40 Å². The minimum atomic E-state index is 0.691. The molecule has 0 radical (unpaired) electrons. The molecule has 0 aliphatic carbocycles. The summed E-state index contributed by atoms with van der Waals surface area (Å²) in [6.45, 7) is 5.21. The number of para-hydroxylation sites is 2. The first-order valence-electron chi connectivity index (χ1n) is 10.4. The van der Waals surface area contributed by atoms with E-state index in [0.717, 1.165) is 47.4 Å². The van der Waals surface area contributed by atoms with E-state index in [-0.39, 0.29) is 0 Å². The highest BCUT2D eigenvalue weighted by Crippen LogP contribution is 2.40. The van der Waals surface area contributed by atoms with E-state index in [9.17, 15) is 5.26 Å². The summed E-state index contributed by atoms with van der Waals surface area (Å²) in [7, 11) is 0. The molecule has 4 heteroatoms. The summed E-state index contributed by atoms with van der Waals surface area (Å²) in [6, 6.07) is 19.5. The second-order valence-electron chi connectivity index (χ2n) is 7.85.